The summed E-state index contributed by atoms with van der Waals surface area (Å²) in [6, 6.07) is -2.63. The number of allylic oxidation sites excluding steroid dienone is 1. The van der Waals surface area contributed by atoms with E-state index in [1.54, 1.807) is 4.90 Å². The maximum absolute atomic E-state index is 15.0. The number of nitrogens with one attached hydrogen (secondary N) is 3. The Kier molecular flexibility index (Phi) is 9.61. The van der Waals surface area contributed by atoms with Gasteiger partial charge in [0.1, 0.15) is 12.1 Å². The van der Waals surface area contributed by atoms with Crippen LogP contribution in [0.2, 0.25) is 0 Å². The first-order valence-corrected chi connectivity index (χ1v) is 20.5. The highest BCUT2D eigenvalue weighted by molar-refractivity contribution is 6.03. The minimum absolute atomic E-state index is 0.0109. The summed E-state index contributed by atoms with van der Waals surface area (Å²) in [6.45, 7) is 18.3. The van der Waals surface area contributed by atoms with Gasteiger partial charge in [0.15, 0.2) is 0 Å². The highest BCUT2D eigenvalue weighted by Crippen LogP contribution is 2.88. The summed E-state index contributed by atoms with van der Waals surface area (Å²) in [7, 11) is 0. The summed E-state index contributed by atoms with van der Waals surface area (Å²) in [5.74, 6) is -0.0939. The van der Waals surface area contributed by atoms with Crippen LogP contribution in [0.3, 0.4) is 0 Å². The summed E-state index contributed by atoms with van der Waals surface area (Å²) in [4.78, 5) is 60.9. The molecule has 7 aliphatic rings. The zero-order valence-corrected chi connectivity index (χ0v) is 33.0. The number of ketones is 1. The molecule has 290 valence electrons. The second kappa shape index (κ2) is 13.3. The van der Waals surface area contributed by atoms with Crippen molar-refractivity contribution >= 4 is 23.6 Å². The van der Waals surface area contributed by atoms with Crippen LogP contribution >= 0.6 is 0 Å². The molecule has 6 fully saturated rings. The van der Waals surface area contributed by atoms with Crippen molar-refractivity contribution in [2.24, 2.45) is 39.2 Å². The van der Waals surface area contributed by atoms with Gasteiger partial charge in [0.2, 0.25) is 17.6 Å². The number of fused-ring (bicyclic) bond motifs is 2. The lowest BCUT2D eigenvalue weighted by Crippen LogP contribution is -2.62. The number of amides is 4. The second-order valence-corrected chi connectivity index (χ2v) is 19.9. The van der Waals surface area contributed by atoms with E-state index in [1.165, 1.54) is 6.42 Å². The van der Waals surface area contributed by atoms with Crippen molar-refractivity contribution in [3.8, 4) is 0 Å². The molecule has 4 saturated carbocycles. The smallest absolute Gasteiger partial charge is 0.315 e. The number of hydrogen-bond acceptors (Lipinski definition) is 7. The minimum atomic E-state index is -0.851. The molecule has 11 nitrogen and oxygen atoms in total. The molecule has 5 aliphatic carbocycles. The maximum atomic E-state index is 15.0. The molecule has 2 spiro atoms. The molecule has 0 aromatic rings. The van der Waals surface area contributed by atoms with Gasteiger partial charge in [0.05, 0.1) is 25.0 Å². The largest absolute Gasteiger partial charge is 0.396 e. The van der Waals surface area contributed by atoms with Crippen LogP contribution < -0.4 is 21.7 Å². The van der Waals surface area contributed by atoms with Crippen molar-refractivity contribution in [3.05, 3.63) is 11.3 Å². The van der Waals surface area contributed by atoms with E-state index in [0.29, 0.717) is 44.2 Å². The molecule has 0 bridgehead atoms. The Labute approximate surface area is 311 Å². The lowest BCUT2D eigenvalue weighted by Gasteiger charge is -2.45. The van der Waals surface area contributed by atoms with E-state index in [9.17, 15) is 19.2 Å². The minimum Gasteiger partial charge on any atom is -0.396 e. The van der Waals surface area contributed by atoms with Gasteiger partial charge >= 0.3 is 6.03 Å². The number of carbonyl (C=O) groups is 4. The van der Waals surface area contributed by atoms with Crippen molar-refractivity contribution < 1.29 is 23.9 Å². The van der Waals surface area contributed by atoms with Gasteiger partial charge in [-0.2, -0.15) is 0 Å². The molecule has 2 heterocycles. The van der Waals surface area contributed by atoms with Crippen LogP contribution in [-0.4, -0.2) is 96.0 Å². The van der Waals surface area contributed by atoms with E-state index >= 15 is 0 Å². The summed E-state index contributed by atoms with van der Waals surface area (Å²) < 4.78 is 5.80. The highest BCUT2D eigenvalue weighted by Gasteiger charge is 2.85. The van der Waals surface area contributed by atoms with Gasteiger partial charge in [-0.1, -0.05) is 60.3 Å². The Morgan fingerprint density at radius 1 is 0.981 bits per heavy atom. The van der Waals surface area contributed by atoms with Crippen LogP contribution in [0.4, 0.5) is 4.79 Å². The summed E-state index contributed by atoms with van der Waals surface area (Å²) >= 11 is 0. The maximum Gasteiger partial charge on any atom is 0.315 e. The van der Waals surface area contributed by atoms with E-state index in [-0.39, 0.29) is 57.4 Å². The van der Waals surface area contributed by atoms with Gasteiger partial charge in [-0.3, -0.25) is 19.3 Å². The topological polar surface area (TPSA) is 146 Å². The normalized spacial score (nSPS) is 33.5. The first kappa shape index (κ1) is 37.6. The van der Waals surface area contributed by atoms with Crippen molar-refractivity contribution in [1.82, 2.24) is 25.8 Å². The van der Waals surface area contributed by atoms with Crippen LogP contribution in [0, 0.1) is 33.5 Å². The van der Waals surface area contributed by atoms with Gasteiger partial charge in [0.25, 0.3) is 0 Å². The van der Waals surface area contributed by atoms with Crippen molar-refractivity contribution in [3.63, 3.8) is 0 Å². The molecular formula is C41H66N6O5. The molecule has 6 unspecified atom stereocenters. The molecular weight excluding hydrogens is 656 g/mol. The average Bonchev–Trinajstić information content (AvgIpc) is 3.26. The quantitative estimate of drug-likeness (QED) is 0.286. The number of nitrogens with two attached hydrogens (primary N) is 1. The zero-order valence-electron chi connectivity index (χ0n) is 33.0. The fraction of sp³-hybridized carbons (Fsp3) is 0.854. The lowest BCUT2D eigenvalue weighted by molar-refractivity contribution is -0.142. The molecule has 2 saturated heterocycles. The first-order chi connectivity index (χ1) is 24.4. The first-order valence-electron chi connectivity index (χ1n) is 20.5. The Bertz CT molecular complexity index is 1490. The molecule has 0 radical (unpaired) electrons. The van der Waals surface area contributed by atoms with Gasteiger partial charge in [-0.15, -0.1) is 0 Å². The third-order valence-corrected chi connectivity index (χ3v) is 15.6. The van der Waals surface area contributed by atoms with E-state index in [1.807, 2.05) is 20.8 Å². The van der Waals surface area contributed by atoms with E-state index in [0.717, 1.165) is 76.5 Å². The number of Topliss-reactive ketones (excluding diaryl/α,β-unsaturated/α-hetero) is 1. The number of hydrogen-bond donors (Lipinski definition) is 4. The third kappa shape index (κ3) is 6.08. The Morgan fingerprint density at radius 2 is 1.69 bits per heavy atom. The SMILES string of the molecule is CC(C)(C)C(NC(=O)NC(CN1CCOCC1(C)C)C1CCCCC1)C(=O)N1CC2(CC1C(=O)NC1CC3CCC3=C(N)C1=O)C(C)(C)C21CCC1. The second-order valence-electron chi connectivity index (χ2n) is 19.9. The van der Waals surface area contributed by atoms with Crippen LogP contribution in [0.15, 0.2) is 11.3 Å². The number of urea groups is 1. The molecule has 4 amide bonds. The van der Waals surface area contributed by atoms with Gasteiger partial charge in [0, 0.05) is 36.6 Å². The van der Waals surface area contributed by atoms with Crippen LogP contribution in [0.25, 0.3) is 0 Å². The van der Waals surface area contributed by atoms with Gasteiger partial charge in [-0.05, 0) is 98.9 Å². The van der Waals surface area contributed by atoms with Crippen LogP contribution in [0.1, 0.15) is 126 Å². The molecule has 0 aromatic carbocycles. The molecule has 0 aromatic heterocycles. The van der Waals surface area contributed by atoms with E-state index < -0.39 is 23.5 Å². The van der Waals surface area contributed by atoms with Crippen LogP contribution in [0.5, 0.6) is 0 Å². The van der Waals surface area contributed by atoms with Crippen LogP contribution in [-0.2, 0) is 19.1 Å². The molecule has 6 atom stereocenters. The van der Waals surface area contributed by atoms with Gasteiger partial charge in [-0.25, -0.2) is 4.79 Å². The molecule has 7 rings (SSSR count). The predicted octanol–water partition coefficient (Wildman–Crippen LogP) is 4.64. The average molecular weight is 723 g/mol. The fourth-order valence-electron chi connectivity index (χ4n) is 11.8. The lowest BCUT2D eigenvalue weighted by atomic mass is 9.69. The number of rotatable bonds is 8. The third-order valence-electron chi connectivity index (χ3n) is 15.6. The van der Waals surface area contributed by atoms with Gasteiger partial charge < -0.3 is 31.3 Å². The monoisotopic (exact) mass is 723 g/mol. The van der Waals surface area contributed by atoms with Crippen molar-refractivity contribution in [2.45, 2.75) is 155 Å². The van der Waals surface area contributed by atoms with Crippen molar-refractivity contribution in [2.75, 3.05) is 32.8 Å². The Morgan fingerprint density at radius 3 is 2.27 bits per heavy atom. The Hall–Kier alpha value is -2.66. The molecule has 11 heteroatoms. The molecule has 5 N–H and O–H groups in total. The summed E-state index contributed by atoms with van der Waals surface area (Å²) in [6.07, 6.45) is 12.1. The number of ether oxygens (including phenoxy) is 1. The molecule has 2 aliphatic heterocycles. The number of morpholine rings is 1. The summed E-state index contributed by atoms with van der Waals surface area (Å²) in [5, 5.41) is 9.61. The number of carbonyl (C=O) groups excluding carboxylic acids is 4. The van der Waals surface area contributed by atoms with Crippen molar-refractivity contribution in [1.29, 1.82) is 0 Å². The summed E-state index contributed by atoms with van der Waals surface area (Å²) in [5.41, 5.74) is 6.78. The number of nitrogens with zero attached hydrogens (tertiary/aromatic N) is 2. The number of likely N-dealkylation sites (tertiary alicyclic amines) is 1. The fourth-order valence-corrected chi connectivity index (χ4v) is 11.8. The van der Waals surface area contributed by atoms with E-state index in [4.69, 9.17) is 10.5 Å². The van der Waals surface area contributed by atoms with E-state index in [2.05, 4.69) is 48.5 Å². The Balaban J connectivity index is 1.11. The standard InChI is InChI=1S/C41H66N6O5/c1-37(2,3)33(45-36(51)44-29(25-12-9-8-10-13-25)22-46-18-19-52-24-38(46,4)5)35(50)47-23-41(39(6,7)40(41)16-11-17-40)21-30(47)34(49)43-28-20-26-14-15-27(26)31(42)32(28)48/h25-26,28-30,33H,8-24,42H2,1-7H3,(H,43,49)(H2,44,45,51). The zero-order chi connectivity index (χ0) is 37.4. The molecule has 52 heavy (non-hydrogen) atoms. The predicted molar refractivity (Wildman–Crippen MR) is 200 cm³/mol. The highest BCUT2D eigenvalue weighted by atomic mass is 16.5.